The zero-order chi connectivity index (χ0) is 15.4. The van der Waals surface area contributed by atoms with Crippen LogP contribution in [0.15, 0.2) is 36.5 Å². The number of pyridine rings is 1. The highest BCUT2D eigenvalue weighted by Crippen LogP contribution is 2.24. The molecule has 110 valence electrons. The third kappa shape index (κ3) is 4.02. The minimum absolute atomic E-state index is 0.0723. The van der Waals surface area contributed by atoms with E-state index < -0.39 is 0 Å². The largest absolute Gasteiger partial charge is 0.377 e. The number of hydrogen-bond acceptors (Lipinski definition) is 3. The summed E-state index contributed by atoms with van der Waals surface area (Å²) in [5.41, 5.74) is 3.44. The second-order valence-electron chi connectivity index (χ2n) is 4.98. The van der Waals surface area contributed by atoms with Gasteiger partial charge in [0, 0.05) is 18.3 Å². The lowest BCUT2D eigenvalue weighted by molar-refractivity contribution is -0.114. The molecule has 2 rings (SSSR count). The van der Waals surface area contributed by atoms with Crippen LogP contribution in [0.2, 0.25) is 0 Å². The Kier molecular flexibility index (Phi) is 4.52. The van der Waals surface area contributed by atoms with E-state index in [4.69, 9.17) is 0 Å². The van der Waals surface area contributed by atoms with Crippen LogP contribution in [-0.4, -0.2) is 10.9 Å². The van der Waals surface area contributed by atoms with Gasteiger partial charge in [0.15, 0.2) is 0 Å². The lowest BCUT2D eigenvalue weighted by Gasteiger charge is -2.17. The normalized spacial score (nSPS) is 11.8. The van der Waals surface area contributed by atoms with Crippen molar-refractivity contribution in [3.05, 3.63) is 53.6 Å². The molecule has 0 fully saturated rings. The molecule has 0 aliphatic heterocycles. The summed E-state index contributed by atoms with van der Waals surface area (Å²) in [4.78, 5) is 15.2. The van der Waals surface area contributed by atoms with Gasteiger partial charge in [0.2, 0.25) is 5.91 Å². The Labute approximate surface area is 123 Å². The fraction of sp³-hybridized carbons (Fsp3) is 0.250. The molecule has 1 aromatic carbocycles. The van der Waals surface area contributed by atoms with Crippen LogP contribution < -0.4 is 10.6 Å². The van der Waals surface area contributed by atoms with Crippen LogP contribution in [0.25, 0.3) is 0 Å². The first kappa shape index (κ1) is 15.0. The van der Waals surface area contributed by atoms with Crippen molar-refractivity contribution in [3.63, 3.8) is 0 Å². The number of benzene rings is 1. The van der Waals surface area contributed by atoms with Crippen LogP contribution in [-0.2, 0) is 4.79 Å². The molecule has 0 aliphatic carbocycles. The number of halogens is 1. The Bertz CT molecular complexity index is 640. The highest BCUT2D eigenvalue weighted by molar-refractivity contribution is 5.89. The number of aryl methyl sites for hydroxylation is 1. The summed E-state index contributed by atoms with van der Waals surface area (Å²) in [7, 11) is 0. The highest BCUT2D eigenvalue weighted by Gasteiger charge is 2.09. The van der Waals surface area contributed by atoms with Crippen molar-refractivity contribution in [1.29, 1.82) is 0 Å². The fourth-order valence-corrected chi connectivity index (χ4v) is 2.01. The second kappa shape index (κ2) is 6.35. The number of amides is 1. The maximum atomic E-state index is 12.9. The summed E-state index contributed by atoms with van der Waals surface area (Å²) in [6.07, 6.45) is 1.20. The first-order valence-corrected chi connectivity index (χ1v) is 6.72. The topological polar surface area (TPSA) is 54.0 Å². The van der Waals surface area contributed by atoms with Crippen molar-refractivity contribution in [2.75, 3.05) is 10.6 Å². The molecule has 2 N–H and O–H groups in total. The molecule has 0 spiro atoms. The summed E-state index contributed by atoms with van der Waals surface area (Å²) in [5, 5.41) is 6.07. The zero-order valence-corrected chi connectivity index (χ0v) is 12.3. The maximum absolute atomic E-state index is 12.9. The standard InChI is InChI=1S/C16H18FN3O/c1-10-4-6-14(20-12(3)21)8-16(10)19-11(2)15-7-5-13(17)9-18-15/h4-9,11,19H,1-3H3,(H,20,21). The third-order valence-electron chi connectivity index (χ3n) is 3.12. The van der Waals surface area contributed by atoms with E-state index in [1.165, 1.54) is 19.2 Å². The Hall–Kier alpha value is -2.43. The summed E-state index contributed by atoms with van der Waals surface area (Å²) >= 11 is 0. The number of rotatable bonds is 4. The summed E-state index contributed by atoms with van der Waals surface area (Å²) in [5.74, 6) is -0.465. The lowest BCUT2D eigenvalue weighted by atomic mass is 10.1. The molecule has 0 bridgehead atoms. The Morgan fingerprint density at radius 2 is 2.05 bits per heavy atom. The molecule has 4 nitrogen and oxygen atoms in total. The number of anilines is 2. The molecule has 21 heavy (non-hydrogen) atoms. The van der Waals surface area contributed by atoms with Gasteiger partial charge in [0.25, 0.3) is 0 Å². The van der Waals surface area contributed by atoms with Crippen molar-refractivity contribution < 1.29 is 9.18 Å². The van der Waals surface area contributed by atoms with Crippen LogP contribution in [0, 0.1) is 12.7 Å². The third-order valence-corrected chi connectivity index (χ3v) is 3.12. The van der Waals surface area contributed by atoms with Gasteiger partial charge in [-0.2, -0.15) is 0 Å². The molecule has 5 heteroatoms. The molecule has 1 aromatic heterocycles. The first-order chi connectivity index (χ1) is 9.95. The van der Waals surface area contributed by atoms with Gasteiger partial charge in [-0.15, -0.1) is 0 Å². The Balaban J connectivity index is 2.17. The molecule has 2 aromatic rings. The van der Waals surface area contributed by atoms with E-state index in [-0.39, 0.29) is 17.8 Å². The van der Waals surface area contributed by atoms with Crippen LogP contribution in [0.3, 0.4) is 0 Å². The molecule has 0 saturated heterocycles. The predicted molar refractivity (Wildman–Crippen MR) is 81.7 cm³/mol. The second-order valence-corrected chi connectivity index (χ2v) is 4.98. The molecular formula is C16H18FN3O. The van der Waals surface area contributed by atoms with E-state index in [2.05, 4.69) is 15.6 Å². The zero-order valence-electron chi connectivity index (χ0n) is 12.3. The number of aromatic nitrogens is 1. The molecule has 1 amide bonds. The smallest absolute Gasteiger partial charge is 0.221 e. The van der Waals surface area contributed by atoms with Crippen LogP contribution >= 0.6 is 0 Å². The van der Waals surface area contributed by atoms with Crippen molar-refractivity contribution in [3.8, 4) is 0 Å². The minimum Gasteiger partial charge on any atom is -0.377 e. The van der Waals surface area contributed by atoms with Crippen molar-refractivity contribution in [2.45, 2.75) is 26.8 Å². The molecule has 1 heterocycles. The average Bonchev–Trinajstić information content (AvgIpc) is 2.42. The van der Waals surface area contributed by atoms with Crippen molar-refractivity contribution in [1.82, 2.24) is 4.98 Å². The highest BCUT2D eigenvalue weighted by atomic mass is 19.1. The fourth-order valence-electron chi connectivity index (χ4n) is 2.01. The Morgan fingerprint density at radius 1 is 1.29 bits per heavy atom. The Morgan fingerprint density at radius 3 is 2.67 bits per heavy atom. The van der Waals surface area contributed by atoms with Gasteiger partial charge in [0.05, 0.1) is 17.9 Å². The van der Waals surface area contributed by atoms with Gasteiger partial charge in [-0.1, -0.05) is 6.07 Å². The summed E-state index contributed by atoms with van der Waals surface area (Å²) in [6.45, 7) is 5.40. The van der Waals surface area contributed by atoms with Gasteiger partial charge < -0.3 is 10.6 Å². The van der Waals surface area contributed by atoms with Gasteiger partial charge in [-0.25, -0.2) is 4.39 Å². The molecule has 1 atom stereocenters. The SMILES string of the molecule is CC(=O)Nc1ccc(C)c(NC(C)c2ccc(F)cn2)c1. The number of nitrogens with one attached hydrogen (secondary N) is 2. The van der Waals surface area contributed by atoms with Crippen LogP contribution in [0.1, 0.15) is 31.1 Å². The van der Waals surface area contributed by atoms with Gasteiger partial charge in [-0.3, -0.25) is 9.78 Å². The van der Waals surface area contributed by atoms with E-state index in [0.717, 1.165) is 22.6 Å². The molecule has 0 saturated carbocycles. The number of hydrogen-bond donors (Lipinski definition) is 2. The monoisotopic (exact) mass is 287 g/mol. The summed E-state index contributed by atoms with van der Waals surface area (Å²) < 4.78 is 12.9. The average molecular weight is 287 g/mol. The van der Waals surface area contributed by atoms with Crippen molar-refractivity contribution >= 4 is 17.3 Å². The quantitative estimate of drug-likeness (QED) is 0.902. The molecular weight excluding hydrogens is 269 g/mol. The number of carbonyl (C=O) groups is 1. The van der Waals surface area contributed by atoms with E-state index in [1.54, 1.807) is 6.07 Å². The molecule has 1 unspecified atom stereocenters. The van der Waals surface area contributed by atoms with Gasteiger partial charge in [0.1, 0.15) is 5.82 Å². The maximum Gasteiger partial charge on any atom is 0.221 e. The summed E-state index contributed by atoms with van der Waals surface area (Å²) in [6, 6.07) is 8.62. The van der Waals surface area contributed by atoms with E-state index >= 15 is 0 Å². The molecule has 0 radical (unpaired) electrons. The van der Waals surface area contributed by atoms with Gasteiger partial charge in [-0.05, 0) is 43.7 Å². The predicted octanol–water partition coefficient (Wildman–Crippen LogP) is 3.66. The van der Waals surface area contributed by atoms with E-state index in [0.29, 0.717) is 0 Å². The van der Waals surface area contributed by atoms with E-state index in [9.17, 15) is 9.18 Å². The van der Waals surface area contributed by atoms with E-state index in [1.807, 2.05) is 32.0 Å². The number of carbonyl (C=O) groups excluding carboxylic acids is 1. The van der Waals surface area contributed by atoms with Crippen LogP contribution in [0.4, 0.5) is 15.8 Å². The number of nitrogens with zero attached hydrogens (tertiary/aromatic N) is 1. The first-order valence-electron chi connectivity index (χ1n) is 6.72. The van der Waals surface area contributed by atoms with Gasteiger partial charge >= 0.3 is 0 Å². The lowest BCUT2D eigenvalue weighted by Crippen LogP contribution is -2.11. The van der Waals surface area contributed by atoms with Crippen molar-refractivity contribution in [2.24, 2.45) is 0 Å². The van der Waals surface area contributed by atoms with Crippen LogP contribution in [0.5, 0.6) is 0 Å². The minimum atomic E-state index is -0.352. The molecule has 0 aliphatic rings.